The number of amides is 1. The van der Waals surface area contributed by atoms with Crippen molar-refractivity contribution < 1.29 is 22.7 Å². The standard InChI is InChI=1S/C15H19F3N2O2.ClH/c1-22-11-8-13(20-9-11)14(21)19-7-6-10-4-2-3-5-12(10)15(16,17)18;/h2-5,11,13,20H,6-9H2,1H3,(H,19,21);1H/t11-,13-;/m0./s1. The van der Waals surface area contributed by atoms with Gasteiger partial charge in [-0.05, 0) is 24.5 Å². The molecule has 1 fully saturated rings. The van der Waals surface area contributed by atoms with Crippen molar-refractivity contribution in [1.29, 1.82) is 0 Å². The second-order valence-corrected chi connectivity index (χ2v) is 5.25. The highest BCUT2D eigenvalue weighted by Gasteiger charge is 2.33. The van der Waals surface area contributed by atoms with E-state index >= 15 is 0 Å². The van der Waals surface area contributed by atoms with Crippen LogP contribution in [0.15, 0.2) is 24.3 Å². The lowest BCUT2D eigenvalue weighted by molar-refractivity contribution is -0.138. The molecule has 0 radical (unpaired) electrons. The molecule has 130 valence electrons. The zero-order valence-corrected chi connectivity index (χ0v) is 13.5. The van der Waals surface area contributed by atoms with Crippen molar-refractivity contribution in [2.75, 3.05) is 20.2 Å². The molecule has 1 aromatic rings. The SMILES string of the molecule is CO[C@@H]1CN[C@H](C(=O)NCCc2ccccc2C(F)(F)F)C1.Cl. The minimum Gasteiger partial charge on any atom is -0.380 e. The second-order valence-electron chi connectivity index (χ2n) is 5.25. The fourth-order valence-electron chi connectivity index (χ4n) is 2.54. The van der Waals surface area contributed by atoms with Crippen molar-refractivity contribution in [2.45, 2.75) is 31.2 Å². The molecule has 4 nitrogen and oxygen atoms in total. The van der Waals surface area contributed by atoms with Crippen LogP contribution in [0.25, 0.3) is 0 Å². The molecule has 0 saturated carbocycles. The summed E-state index contributed by atoms with van der Waals surface area (Å²) in [6.45, 7) is 0.771. The molecule has 0 aliphatic carbocycles. The highest BCUT2D eigenvalue weighted by molar-refractivity contribution is 5.85. The van der Waals surface area contributed by atoms with Crippen LogP contribution in [0, 0.1) is 0 Å². The van der Waals surface area contributed by atoms with Gasteiger partial charge in [-0.1, -0.05) is 18.2 Å². The van der Waals surface area contributed by atoms with Crippen LogP contribution in [0.4, 0.5) is 13.2 Å². The largest absolute Gasteiger partial charge is 0.416 e. The molecule has 0 unspecified atom stereocenters. The van der Waals surface area contributed by atoms with E-state index in [0.717, 1.165) is 6.07 Å². The van der Waals surface area contributed by atoms with Gasteiger partial charge in [0.2, 0.25) is 5.91 Å². The molecule has 1 aromatic carbocycles. The van der Waals surface area contributed by atoms with Crippen LogP contribution in [0.5, 0.6) is 0 Å². The number of carbonyl (C=O) groups excluding carboxylic acids is 1. The van der Waals surface area contributed by atoms with Gasteiger partial charge in [-0.25, -0.2) is 0 Å². The van der Waals surface area contributed by atoms with Gasteiger partial charge in [-0.15, -0.1) is 12.4 Å². The Kier molecular flexibility index (Phi) is 7.31. The highest BCUT2D eigenvalue weighted by atomic mass is 35.5. The lowest BCUT2D eigenvalue weighted by Crippen LogP contribution is -2.41. The summed E-state index contributed by atoms with van der Waals surface area (Å²) in [5.74, 6) is -0.205. The topological polar surface area (TPSA) is 50.4 Å². The maximum atomic E-state index is 12.9. The van der Waals surface area contributed by atoms with Gasteiger partial charge < -0.3 is 15.4 Å². The van der Waals surface area contributed by atoms with Gasteiger partial charge in [-0.2, -0.15) is 13.2 Å². The Balaban J connectivity index is 0.00000264. The van der Waals surface area contributed by atoms with Crippen LogP contribution in [0.2, 0.25) is 0 Å². The molecule has 2 N–H and O–H groups in total. The summed E-state index contributed by atoms with van der Waals surface area (Å²) >= 11 is 0. The van der Waals surface area contributed by atoms with Crippen molar-refractivity contribution in [1.82, 2.24) is 10.6 Å². The third-order valence-electron chi connectivity index (χ3n) is 3.76. The Morgan fingerprint density at radius 1 is 1.39 bits per heavy atom. The summed E-state index contributed by atoms with van der Waals surface area (Å²) in [5.41, 5.74) is -0.466. The van der Waals surface area contributed by atoms with E-state index in [1.807, 2.05) is 0 Å². The van der Waals surface area contributed by atoms with Crippen molar-refractivity contribution in [3.63, 3.8) is 0 Å². The number of hydrogen-bond donors (Lipinski definition) is 2. The first kappa shape index (κ1) is 19.7. The molecule has 0 aromatic heterocycles. The molecule has 1 aliphatic rings. The zero-order valence-electron chi connectivity index (χ0n) is 12.7. The van der Waals surface area contributed by atoms with Crippen LogP contribution in [0.3, 0.4) is 0 Å². The first-order valence-corrected chi connectivity index (χ1v) is 7.11. The molecular formula is C15H20ClF3N2O2. The summed E-state index contributed by atoms with van der Waals surface area (Å²) in [7, 11) is 1.58. The molecule has 1 amide bonds. The lowest BCUT2D eigenvalue weighted by Gasteiger charge is -2.14. The van der Waals surface area contributed by atoms with Crippen molar-refractivity contribution in [2.24, 2.45) is 0 Å². The predicted molar refractivity (Wildman–Crippen MR) is 82.6 cm³/mol. The highest BCUT2D eigenvalue weighted by Crippen LogP contribution is 2.31. The number of rotatable bonds is 5. The Morgan fingerprint density at radius 2 is 2.09 bits per heavy atom. The predicted octanol–water partition coefficient (Wildman–Crippen LogP) is 2.16. The average Bonchev–Trinajstić information content (AvgIpc) is 2.95. The van der Waals surface area contributed by atoms with Gasteiger partial charge in [0.15, 0.2) is 0 Å². The fraction of sp³-hybridized carbons (Fsp3) is 0.533. The summed E-state index contributed by atoms with van der Waals surface area (Å²) in [5, 5.41) is 5.70. The smallest absolute Gasteiger partial charge is 0.380 e. The van der Waals surface area contributed by atoms with Crippen LogP contribution in [-0.2, 0) is 22.1 Å². The van der Waals surface area contributed by atoms with E-state index in [1.54, 1.807) is 13.2 Å². The molecule has 23 heavy (non-hydrogen) atoms. The lowest BCUT2D eigenvalue weighted by atomic mass is 10.0. The van der Waals surface area contributed by atoms with Gasteiger partial charge in [0.25, 0.3) is 0 Å². The number of ether oxygens (including phenoxy) is 1. The third-order valence-corrected chi connectivity index (χ3v) is 3.76. The molecular weight excluding hydrogens is 333 g/mol. The number of alkyl halides is 3. The minimum absolute atomic E-state index is 0. The Labute approximate surface area is 139 Å². The normalized spacial score (nSPS) is 20.9. The Hall–Kier alpha value is -1.31. The molecule has 2 rings (SSSR count). The van der Waals surface area contributed by atoms with Gasteiger partial charge in [0.1, 0.15) is 0 Å². The molecule has 1 heterocycles. The van der Waals surface area contributed by atoms with Crippen molar-refractivity contribution in [3.8, 4) is 0 Å². The number of halogens is 4. The van der Waals surface area contributed by atoms with E-state index in [4.69, 9.17) is 4.74 Å². The average molecular weight is 353 g/mol. The first-order valence-electron chi connectivity index (χ1n) is 7.11. The molecule has 0 bridgehead atoms. The molecule has 1 aliphatic heterocycles. The third kappa shape index (κ3) is 5.37. The number of hydrogen-bond acceptors (Lipinski definition) is 3. The Bertz CT molecular complexity index is 526. The maximum Gasteiger partial charge on any atom is 0.416 e. The first-order chi connectivity index (χ1) is 10.4. The number of carbonyl (C=O) groups is 1. The maximum absolute atomic E-state index is 12.9. The van der Waals surface area contributed by atoms with Gasteiger partial charge in [0.05, 0.1) is 17.7 Å². The molecule has 0 spiro atoms. The monoisotopic (exact) mass is 352 g/mol. The molecule has 8 heteroatoms. The van der Waals surface area contributed by atoms with Crippen molar-refractivity contribution in [3.05, 3.63) is 35.4 Å². The summed E-state index contributed by atoms with van der Waals surface area (Å²) in [4.78, 5) is 11.9. The molecule has 1 saturated heterocycles. The van der Waals surface area contributed by atoms with Gasteiger partial charge in [0, 0.05) is 20.2 Å². The fourth-order valence-corrected chi connectivity index (χ4v) is 2.54. The van der Waals surface area contributed by atoms with E-state index in [-0.39, 0.29) is 49.0 Å². The number of nitrogens with one attached hydrogen (secondary N) is 2. The number of methoxy groups -OCH3 is 1. The zero-order chi connectivity index (χ0) is 16.2. The summed E-state index contributed by atoms with van der Waals surface area (Å²) in [6.07, 6.45) is -3.66. The van der Waals surface area contributed by atoms with Crippen LogP contribution >= 0.6 is 12.4 Å². The summed E-state index contributed by atoms with van der Waals surface area (Å²) < 4.78 is 43.7. The van der Waals surface area contributed by atoms with Gasteiger partial charge in [-0.3, -0.25) is 4.79 Å². The van der Waals surface area contributed by atoms with Gasteiger partial charge >= 0.3 is 6.18 Å². The van der Waals surface area contributed by atoms with E-state index in [0.29, 0.717) is 13.0 Å². The minimum atomic E-state index is -4.38. The van der Waals surface area contributed by atoms with E-state index in [1.165, 1.54) is 12.1 Å². The quantitative estimate of drug-likeness (QED) is 0.854. The van der Waals surface area contributed by atoms with Crippen LogP contribution < -0.4 is 10.6 Å². The second kappa shape index (κ2) is 8.52. The summed E-state index contributed by atoms with van der Waals surface area (Å²) in [6, 6.07) is 5.07. The van der Waals surface area contributed by atoms with Crippen LogP contribution in [-0.4, -0.2) is 38.3 Å². The molecule has 2 atom stereocenters. The van der Waals surface area contributed by atoms with Crippen molar-refractivity contribution >= 4 is 18.3 Å². The van der Waals surface area contributed by atoms with E-state index in [9.17, 15) is 18.0 Å². The number of benzene rings is 1. The Morgan fingerprint density at radius 3 is 2.70 bits per heavy atom. The van der Waals surface area contributed by atoms with E-state index in [2.05, 4.69) is 10.6 Å². The van der Waals surface area contributed by atoms with E-state index < -0.39 is 11.7 Å². The van der Waals surface area contributed by atoms with Crippen LogP contribution in [0.1, 0.15) is 17.5 Å².